The van der Waals surface area contributed by atoms with Gasteiger partial charge >= 0.3 is 11.7 Å². The summed E-state index contributed by atoms with van der Waals surface area (Å²) in [7, 11) is 1.32. The molecule has 0 aliphatic rings. The number of methoxy groups -OCH3 is 1. The van der Waals surface area contributed by atoms with Crippen LogP contribution in [0.2, 0.25) is 10.0 Å². The van der Waals surface area contributed by atoms with Crippen LogP contribution in [0.1, 0.15) is 21.7 Å². The second-order valence-electron chi connectivity index (χ2n) is 5.58. The molecule has 0 N–H and O–H groups in total. The molecule has 0 saturated carbocycles. The summed E-state index contributed by atoms with van der Waals surface area (Å²) < 4.78 is 6.48. The molecule has 0 amide bonds. The fraction of sp³-hybridized carbons (Fsp3) is 0.176. The molecule has 0 aliphatic carbocycles. The van der Waals surface area contributed by atoms with E-state index < -0.39 is 10.9 Å². The second kappa shape index (κ2) is 6.93. The number of nitrogens with zero attached hydrogens (tertiary/aromatic N) is 3. The van der Waals surface area contributed by atoms with Crippen molar-refractivity contribution in [1.29, 1.82) is 0 Å². The zero-order valence-electron chi connectivity index (χ0n) is 13.8. The Morgan fingerprint density at radius 1 is 1.31 bits per heavy atom. The highest BCUT2D eigenvalue weighted by Crippen LogP contribution is 2.38. The standard InChI is InChI=1S/C17H13Cl2N3O4/c1-9-20-15-13(7-12(18)14(19)16(15)22(24)25)21(9)8-10-3-5-11(6-4-10)17(23)26-2/h3-7H,8H2,1-2H3. The van der Waals surface area contributed by atoms with Gasteiger partial charge in [-0.3, -0.25) is 10.1 Å². The number of nitro groups is 1. The van der Waals surface area contributed by atoms with Crippen molar-refractivity contribution in [1.82, 2.24) is 9.55 Å². The number of carbonyl (C=O) groups excluding carboxylic acids is 1. The van der Waals surface area contributed by atoms with Crippen molar-refractivity contribution in [3.8, 4) is 0 Å². The van der Waals surface area contributed by atoms with Gasteiger partial charge in [-0.2, -0.15) is 0 Å². The second-order valence-corrected chi connectivity index (χ2v) is 6.36. The number of aryl methyl sites for hydroxylation is 1. The molecular formula is C17H13Cl2N3O4. The quantitative estimate of drug-likeness (QED) is 0.372. The molecule has 134 valence electrons. The molecule has 0 aliphatic heterocycles. The van der Waals surface area contributed by atoms with E-state index >= 15 is 0 Å². The van der Waals surface area contributed by atoms with Crippen LogP contribution < -0.4 is 0 Å². The van der Waals surface area contributed by atoms with Gasteiger partial charge in [0.2, 0.25) is 0 Å². The van der Waals surface area contributed by atoms with Gasteiger partial charge in [0.05, 0.1) is 28.1 Å². The average molecular weight is 394 g/mol. The van der Waals surface area contributed by atoms with Crippen LogP contribution in [0.4, 0.5) is 5.69 Å². The first-order valence-electron chi connectivity index (χ1n) is 7.50. The number of hydrogen-bond acceptors (Lipinski definition) is 5. The third-order valence-corrected chi connectivity index (χ3v) is 4.78. The Labute approximate surface area is 158 Å². The molecule has 2 aromatic carbocycles. The summed E-state index contributed by atoms with van der Waals surface area (Å²) in [6, 6.07) is 8.44. The molecule has 0 radical (unpaired) electrons. The predicted octanol–water partition coefficient (Wildman–Crippen LogP) is 4.39. The summed E-state index contributed by atoms with van der Waals surface area (Å²) in [5, 5.41) is 11.3. The first-order chi connectivity index (χ1) is 12.3. The molecule has 26 heavy (non-hydrogen) atoms. The van der Waals surface area contributed by atoms with E-state index in [1.165, 1.54) is 7.11 Å². The lowest BCUT2D eigenvalue weighted by molar-refractivity contribution is -0.383. The molecule has 9 heteroatoms. The van der Waals surface area contributed by atoms with Gasteiger partial charge in [0.25, 0.3) is 0 Å². The smallest absolute Gasteiger partial charge is 0.337 e. The molecule has 0 spiro atoms. The highest BCUT2D eigenvalue weighted by molar-refractivity contribution is 6.44. The van der Waals surface area contributed by atoms with E-state index in [9.17, 15) is 14.9 Å². The Hall–Kier alpha value is -2.64. The maximum Gasteiger partial charge on any atom is 0.337 e. The van der Waals surface area contributed by atoms with Gasteiger partial charge in [0, 0.05) is 6.54 Å². The SMILES string of the molecule is COC(=O)c1ccc(Cn2c(C)nc3c([N+](=O)[O-])c(Cl)c(Cl)cc32)cc1. The molecule has 1 heterocycles. The molecule has 0 fully saturated rings. The highest BCUT2D eigenvalue weighted by Gasteiger charge is 2.25. The molecule has 0 atom stereocenters. The minimum absolute atomic E-state index is 0.0908. The lowest BCUT2D eigenvalue weighted by Crippen LogP contribution is -2.04. The summed E-state index contributed by atoms with van der Waals surface area (Å²) in [4.78, 5) is 26.6. The lowest BCUT2D eigenvalue weighted by Gasteiger charge is -2.08. The van der Waals surface area contributed by atoms with Crippen LogP contribution in [-0.2, 0) is 11.3 Å². The topological polar surface area (TPSA) is 87.3 Å². The molecule has 1 aromatic heterocycles. The fourth-order valence-corrected chi connectivity index (χ4v) is 3.12. The van der Waals surface area contributed by atoms with Crippen molar-refractivity contribution >= 4 is 45.9 Å². The summed E-state index contributed by atoms with van der Waals surface area (Å²) in [5.74, 6) is 0.163. The van der Waals surface area contributed by atoms with Crippen LogP contribution in [0.5, 0.6) is 0 Å². The number of nitro benzene ring substituents is 1. The van der Waals surface area contributed by atoms with Gasteiger partial charge in [-0.1, -0.05) is 35.3 Å². The van der Waals surface area contributed by atoms with Crippen LogP contribution in [0.15, 0.2) is 30.3 Å². The van der Waals surface area contributed by atoms with Crippen LogP contribution in [0.25, 0.3) is 11.0 Å². The van der Waals surface area contributed by atoms with Crippen LogP contribution in [-0.4, -0.2) is 27.6 Å². The minimum Gasteiger partial charge on any atom is -0.465 e. The molecule has 0 saturated heterocycles. The molecule has 3 rings (SSSR count). The maximum absolute atomic E-state index is 11.5. The van der Waals surface area contributed by atoms with Crippen molar-refractivity contribution < 1.29 is 14.5 Å². The molecule has 3 aromatic rings. The van der Waals surface area contributed by atoms with E-state index in [1.807, 2.05) is 0 Å². The van der Waals surface area contributed by atoms with Crippen LogP contribution in [0.3, 0.4) is 0 Å². The number of fused-ring (bicyclic) bond motifs is 1. The van der Waals surface area contributed by atoms with Crippen molar-refractivity contribution in [2.45, 2.75) is 13.5 Å². The summed E-state index contributed by atoms with van der Waals surface area (Å²) >= 11 is 12.0. The van der Waals surface area contributed by atoms with Crippen molar-refractivity contribution in [2.24, 2.45) is 0 Å². The molecular weight excluding hydrogens is 381 g/mol. The number of carbonyl (C=O) groups is 1. The zero-order chi connectivity index (χ0) is 19.0. The Kier molecular flexibility index (Phi) is 4.84. The Morgan fingerprint density at radius 2 is 1.96 bits per heavy atom. The first kappa shape index (κ1) is 18.2. The molecule has 0 unspecified atom stereocenters. The first-order valence-corrected chi connectivity index (χ1v) is 8.25. The third-order valence-electron chi connectivity index (χ3n) is 4.00. The van der Waals surface area contributed by atoms with Gasteiger partial charge in [-0.25, -0.2) is 9.78 Å². The van der Waals surface area contributed by atoms with E-state index in [-0.39, 0.29) is 21.2 Å². The maximum atomic E-state index is 11.5. The lowest BCUT2D eigenvalue weighted by atomic mass is 10.1. The zero-order valence-corrected chi connectivity index (χ0v) is 15.3. The normalized spacial score (nSPS) is 10.9. The molecule has 7 nitrogen and oxygen atoms in total. The Bertz CT molecular complexity index is 1030. The number of aromatic nitrogens is 2. The predicted molar refractivity (Wildman–Crippen MR) is 98.0 cm³/mol. The number of halogens is 2. The summed E-state index contributed by atoms with van der Waals surface area (Å²) in [5.41, 5.74) is 1.72. The summed E-state index contributed by atoms with van der Waals surface area (Å²) in [6.07, 6.45) is 0. The number of esters is 1. The van der Waals surface area contributed by atoms with E-state index in [4.69, 9.17) is 23.2 Å². The van der Waals surface area contributed by atoms with Crippen molar-refractivity contribution in [2.75, 3.05) is 7.11 Å². The number of imidazole rings is 1. The van der Waals surface area contributed by atoms with E-state index in [0.717, 1.165) is 5.56 Å². The largest absolute Gasteiger partial charge is 0.465 e. The highest BCUT2D eigenvalue weighted by atomic mass is 35.5. The van der Waals surface area contributed by atoms with E-state index in [1.54, 1.807) is 41.8 Å². The fourth-order valence-electron chi connectivity index (χ4n) is 2.72. The Balaban J connectivity index is 2.07. The number of rotatable bonds is 4. The molecule has 0 bridgehead atoms. The minimum atomic E-state index is -0.585. The number of benzene rings is 2. The van der Waals surface area contributed by atoms with Gasteiger partial charge in [-0.15, -0.1) is 0 Å². The number of ether oxygens (including phenoxy) is 1. The van der Waals surface area contributed by atoms with Gasteiger partial charge in [0.1, 0.15) is 10.8 Å². The van der Waals surface area contributed by atoms with Crippen LogP contribution in [0, 0.1) is 17.0 Å². The van der Waals surface area contributed by atoms with Crippen molar-refractivity contribution in [3.63, 3.8) is 0 Å². The van der Waals surface area contributed by atoms with Gasteiger partial charge < -0.3 is 9.30 Å². The third kappa shape index (κ3) is 3.11. The average Bonchev–Trinajstić information content (AvgIpc) is 2.90. The monoisotopic (exact) mass is 393 g/mol. The van der Waals surface area contributed by atoms with Gasteiger partial charge in [-0.05, 0) is 30.7 Å². The Morgan fingerprint density at radius 3 is 2.54 bits per heavy atom. The summed E-state index contributed by atoms with van der Waals surface area (Å²) in [6.45, 7) is 2.15. The number of hydrogen-bond donors (Lipinski definition) is 0. The van der Waals surface area contributed by atoms with Crippen molar-refractivity contribution in [3.05, 3.63) is 67.4 Å². The van der Waals surface area contributed by atoms with Crippen LogP contribution >= 0.6 is 23.2 Å². The van der Waals surface area contributed by atoms with E-state index in [0.29, 0.717) is 23.4 Å². The van der Waals surface area contributed by atoms with E-state index in [2.05, 4.69) is 9.72 Å². The van der Waals surface area contributed by atoms with Gasteiger partial charge in [0.15, 0.2) is 5.52 Å².